The third-order valence-electron chi connectivity index (χ3n) is 9.74. The molecule has 0 bridgehead atoms. The van der Waals surface area contributed by atoms with Gasteiger partial charge in [0.15, 0.2) is 11.5 Å². The van der Waals surface area contributed by atoms with Gasteiger partial charge in [-0.25, -0.2) is 0 Å². The van der Waals surface area contributed by atoms with Gasteiger partial charge in [0.25, 0.3) is 11.8 Å². The Kier molecular flexibility index (Phi) is 7.62. The van der Waals surface area contributed by atoms with Crippen LogP contribution >= 0.6 is 0 Å². The molecule has 3 saturated heterocycles. The molecule has 44 heavy (non-hydrogen) atoms. The molecule has 4 heterocycles. The summed E-state index contributed by atoms with van der Waals surface area (Å²) in [6, 6.07) is 25.7. The third kappa shape index (κ3) is 5.36. The van der Waals surface area contributed by atoms with E-state index >= 15 is 0 Å². The van der Waals surface area contributed by atoms with Gasteiger partial charge in [0.2, 0.25) is 12.7 Å². The smallest absolute Gasteiger partial charge is 0.253 e. The van der Waals surface area contributed by atoms with E-state index in [-0.39, 0.29) is 31.1 Å². The van der Waals surface area contributed by atoms with Crippen molar-refractivity contribution in [1.29, 1.82) is 0 Å². The van der Waals surface area contributed by atoms with Gasteiger partial charge in [-0.3, -0.25) is 14.4 Å². The second-order valence-corrected chi connectivity index (χ2v) is 12.3. The number of rotatable bonds is 6. The minimum Gasteiger partial charge on any atom is -0.454 e. The molecule has 0 aliphatic carbocycles. The molecule has 9 heteroatoms. The lowest BCUT2D eigenvalue weighted by atomic mass is 9.85. The van der Waals surface area contributed by atoms with Crippen LogP contribution in [0.25, 0.3) is 0 Å². The Labute approximate surface area is 257 Å². The van der Waals surface area contributed by atoms with Crippen molar-refractivity contribution in [3.05, 3.63) is 90.0 Å². The lowest BCUT2D eigenvalue weighted by molar-refractivity contribution is -0.141. The van der Waals surface area contributed by atoms with Crippen molar-refractivity contribution < 1.29 is 23.9 Å². The molecule has 3 amide bonds. The van der Waals surface area contributed by atoms with E-state index in [1.165, 1.54) is 5.56 Å². The number of carbonyl (C=O) groups is 3. The predicted molar refractivity (Wildman–Crippen MR) is 165 cm³/mol. The van der Waals surface area contributed by atoms with Gasteiger partial charge in [0.05, 0.1) is 6.67 Å². The number of amides is 3. The van der Waals surface area contributed by atoms with Crippen molar-refractivity contribution in [3.8, 4) is 11.5 Å². The minimum absolute atomic E-state index is 0.0111. The number of fused-ring (bicyclic) bond motifs is 1. The number of likely N-dealkylation sites (tertiary alicyclic amines) is 2. The number of piperidine rings is 2. The number of anilines is 1. The maximum Gasteiger partial charge on any atom is 0.253 e. The highest BCUT2D eigenvalue weighted by Gasteiger charge is 2.54. The van der Waals surface area contributed by atoms with Crippen LogP contribution in [-0.2, 0) is 16.0 Å². The molecule has 9 nitrogen and oxygen atoms in total. The molecule has 3 fully saturated rings. The Morgan fingerprint density at radius 2 is 1.48 bits per heavy atom. The molecule has 0 atom stereocenters. The molecule has 3 aromatic carbocycles. The fourth-order valence-electron chi connectivity index (χ4n) is 7.21. The highest BCUT2D eigenvalue weighted by molar-refractivity contribution is 5.98. The SMILES string of the molecule is O=C(CN1CN(c2ccccc2)C2(CCN(C(=O)c3ccc4c(c3)OCO4)CC2)C1=O)N1CCC(Cc2ccccc2)CC1. The van der Waals surface area contributed by atoms with E-state index in [0.717, 1.165) is 38.0 Å². The lowest BCUT2D eigenvalue weighted by Crippen LogP contribution is -2.57. The number of hydrogen-bond donors (Lipinski definition) is 0. The quantitative estimate of drug-likeness (QED) is 0.426. The zero-order valence-corrected chi connectivity index (χ0v) is 24.9. The van der Waals surface area contributed by atoms with Crippen LogP contribution in [-0.4, -0.2) is 84.1 Å². The molecule has 228 valence electrons. The van der Waals surface area contributed by atoms with Crippen LogP contribution in [0.4, 0.5) is 5.69 Å². The zero-order valence-electron chi connectivity index (χ0n) is 24.9. The van der Waals surface area contributed by atoms with E-state index < -0.39 is 5.54 Å². The van der Waals surface area contributed by atoms with Gasteiger partial charge < -0.3 is 29.1 Å². The summed E-state index contributed by atoms with van der Waals surface area (Å²) >= 11 is 0. The average Bonchev–Trinajstić information content (AvgIpc) is 3.64. The molecule has 7 rings (SSSR count). The van der Waals surface area contributed by atoms with E-state index in [1.807, 2.05) is 46.2 Å². The molecule has 4 aliphatic rings. The summed E-state index contributed by atoms with van der Waals surface area (Å²) in [4.78, 5) is 48.7. The van der Waals surface area contributed by atoms with E-state index in [1.54, 1.807) is 23.1 Å². The fourth-order valence-corrected chi connectivity index (χ4v) is 7.21. The van der Waals surface area contributed by atoms with Gasteiger partial charge in [-0.05, 0) is 73.9 Å². The number of hydrogen-bond acceptors (Lipinski definition) is 6. The molecule has 0 saturated carbocycles. The van der Waals surface area contributed by atoms with Crippen molar-refractivity contribution in [3.63, 3.8) is 0 Å². The van der Waals surface area contributed by atoms with Crippen molar-refractivity contribution in [2.24, 2.45) is 5.92 Å². The first kappa shape index (κ1) is 28.3. The van der Waals surface area contributed by atoms with Crippen LogP contribution in [0.3, 0.4) is 0 Å². The van der Waals surface area contributed by atoms with Crippen LogP contribution in [0.2, 0.25) is 0 Å². The van der Waals surface area contributed by atoms with Crippen LogP contribution in [0, 0.1) is 5.92 Å². The van der Waals surface area contributed by atoms with Gasteiger partial charge in [0.1, 0.15) is 12.1 Å². The van der Waals surface area contributed by atoms with Crippen molar-refractivity contribution in [2.45, 2.75) is 37.6 Å². The molecule has 0 unspecified atom stereocenters. The maximum absolute atomic E-state index is 14.2. The second kappa shape index (κ2) is 11.9. The van der Waals surface area contributed by atoms with E-state index in [4.69, 9.17) is 9.47 Å². The summed E-state index contributed by atoms with van der Waals surface area (Å²) in [5.41, 5.74) is 2.04. The molecule has 0 radical (unpaired) electrons. The molecule has 4 aliphatic heterocycles. The summed E-state index contributed by atoms with van der Waals surface area (Å²) in [6.07, 6.45) is 3.97. The normalized spacial score (nSPS) is 19.6. The van der Waals surface area contributed by atoms with Crippen LogP contribution in [0.15, 0.2) is 78.9 Å². The standard InChI is InChI=1S/C35H38N4O5/c40-32(36-17-13-27(14-18-36)21-26-7-3-1-4-8-26)23-38-24-39(29-9-5-2-6-10-29)35(34(38)42)15-19-37(20-16-35)33(41)28-11-12-30-31(22-28)44-25-43-30/h1-12,22,27H,13-21,23-25H2. The predicted octanol–water partition coefficient (Wildman–Crippen LogP) is 4.18. The van der Waals surface area contributed by atoms with Crippen LogP contribution < -0.4 is 14.4 Å². The summed E-state index contributed by atoms with van der Waals surface area (Å²) < 4.78 is 10.9. The summed E-state index contributed by atoms with van der Waals surface area (Å²) in [7, 11) is 0. The number of ether oxygens (including phenoxy) is 2. The fraction of sp³-hybridized carbons (Fsp3) is 0.400. The first-order valence-corrected chi connectivity index (χ1v) is 15.6. The maximum atomic E-state index is 14.2. The van der Waals surface area contributed by atoms with Gasteiger partial charge in [-0.1, -0.05) is 48.5 Å². The topological polar surface area (TPSA) is 82.6 Å². The molecule has 3 aromatic rings. The second-order valence-electron chi connectivity index (χ2n) is 12.3. The Bertz CT molecular complexity index is 1510. The van der Waals surface area contributed by atoms with Gasteiger partial charge >= 0.3 is 0 Å². The number of nitrogens with zero attached hydrogens (tertiary/aromatic N) is 4. The van der Waals surface area contributed by atoms with Gasteiger partial charge in [0, 0.05) is 37.4 Å². The lowest BCUT2D eigenvalue weighted by Gasteiger charge is -2.43. The Morgan fingerprint density at radius 3 is 2.20 bits per heavy atom. The molecule has 0 aromatic heterocycles. The number of para-hydroxylation sites is 1. The Hall–Kier alpha value is -4.53. The Morgan fingerprint density at radius 1 is 0.795 bits per heavy atom. The largest absolute Gasteiger partial charge is 0.454 e. The highest BCUT2D eigenvalue weighted by atomic mass is 16.7. The zero-order chi connectivity index (χ0) is 30.1. The summed E-state index contributed by atoms with van der Waals surface area (Å²) in [5.74, 6) is 1.68. The van der Waals surface area contributed by atoms with Gasteiger partial charge in [-0.15, -0.1) is 0 Å². The number of benzene rings is 3. The molecule has 0 N–H and O–H groups in total. The number of carbonyl (C=O) groups excluding carboxylic acids is 3. The minimum atomic E-state index is -0.796. The highest BCUT2D eigenvalue weighted by Crippen LogP contribution is 2.40. The Balaban J connectivity index is 1.02. The third-order valence-corrected chi connectivity index (χ3v) is 9.74. The first-order chi connectivity index (χ1) is 21.5. The van der Waals surface area contributed by atoms with Gasteiger partial charge in [-0.2, -0.15) is 0 Å². The first-order valence-electron chi connectivity index (χ1n) is 15.6. The van der Waals surface area contributed by atoms with E-state index in [9.17, 15) is 14.4 Å². The molecular formula is C35H38N4O5. The summed E-state index contributed by atoms with van der Waals surface area (Å²) in [6.45, 7) is 2.92. The monoisotopic (exact) mass is 594 g/mol. The van der Waals surface area contributed by atoms with E-state index in [2.05, 4.69) is 29.2 Å². The summed E-state index contributed by atoms with van der Waals surface area (Å²) in [5, 5.41) is 0. The molecular weight excluding hydrogens is 556 g/mol. The van der Waals surface area contributed by atoms with E-state index in [0.29, 0.717) is 55.6 Å². The van der Waals surface area contributed by atoms with Crippen LogP contribution in [0.1, 0.15) is 41.6 Å². The van der Waals surface area contributed by atoms with Crippen LogP contribution in [0.5, 0.6) is 11.5 Å². The van der Waals surface area contributed by atoms with Crippen molar-refractivity contribution in [2.75, 3.05) is 51.1 Å². The van der Waals surface area contributed by atoms with Crippen molar-refractivity contribution in [1.82, 2.24) is 14.7 Å². The average molecular weight is 595 g/mol. The molecule has 1 spiro atoms. The van der Waals surface area contributed by atoms with Crippen molar-refractivity contribution >= 4 is 23.4 Å².